The first-order valence-electron chi connectivity index (χ1n) is 7.56. The van der Waals surface area contributed by atoms with Crippen molar-refractivity contribution in [3.8, 4) is 0 Å². The molecule has 6 heteroatoms. The maximum absolute atomic E-state index is 12.7. The van der Waals surface area contributed by atoms with E-state index in [1.807, 2.05) is 18.2 Å². The molecular weight excluding hydrogens is 328 g/mol. The van der Waals surface area contributed by atoms with E-state index in [1.54, 1.807) is 40.3 Å². The number of hydrogen-bond acceptors (Lipinski definition) is 4. The molecule has 0 bridgehead atoms. The molecule has 1 saturated heterocycles. The smallest absolute Gasteiger partial charge is 0.243 e. The van der Waals surface area contributed by atoms with E-state index in [1.165, 1.54) is 10.6 Å². The van der Waals surface area contributed by atoms with E-state index in [-0.39, 0.29) is 0 Å². The number of nitrogens with zero attached hydrogens (tertiary/aromatic N) is 2. The minimum atomic E-state index is -3.38. The van der Waals surface area contributed by atoms with Gasteiger partial charge in [-0.25, -0.2) is 8.42 Å². The maximum atomic E-state index is 12.7. The molecule has 0 spiro atoms. The minimum Gasteiger partial charge on any atom is -0.368 e. The van der Waals surface area contributed by atoms with Crippen molar-refractivity contribution in [3.05, 3.63) is 54.6 Å². The summed E-state index contributed by atoms with van der Waals surface area (Å²) in [7, 11) is -3.38. The van der Waals surface area contributed by atoms with Gasteiger partial charge in [0.1, 0.15) is 0 Å². The Bertz CT molecular complexity index is 755. The third-order valence-electron chi connectivity index (χ3n) is 4.05. The first kappa shape index (κ1) is 16.4. The standard InChI is InChI=1S/C17H20N2O2S2/c1-22-17-10-6-5-9-16(17)18-11-13-19(14-12-18)23(20,21)15-7-3-2-4-8-15/h2-10H,11-14H2,1H3. The molecule has 0 aromatic heterocycles. The average molecular weight is 348 g/mol. The molecule has 1 aliphatic heterocycles. The van der Waals surface area contributed by atoms with Crippen LogP contribution in [0, 0.1) is 0 Å². The molecule has 4 nitrogen and oxygen atoms in total. The zero-order valence-electron chi connectivity index (χ0n) is 13.1. The summed E-state index contributed by atoms with van der Waals surface area (Å²) in [6.07, 6.45) is 2.06. The quantitative estimate of drug-likeness (QED) is 0.797. The van der Waals surface area contributed by atoms with E-state index < -0.39 is 10.0 Å². The molecule has 2 aromatic carbocycles. The second kappa shape index (κ2) is 6.95. The van der Waals surface area contributed by atoms with Gasteiger partial charge in [0.25, 0.3) is 0 Å². The molecule has 0 amide bonds. The van der Waals surface area contributed by atoms with Crippen molar-refractivity contribution in [1.29, 1.82) is 0 Å². The van der Waals surface area contributed by atoms with Crippen molar-refractivity contribution in [2.24, 2.45) is 0 Å². The molecule has 1 heterocycles. The van der Waals surface area contributed by atoms with Crippen LogP contribution in [0.25, 0.3) is 0 Å². The monoisotopic (exact) mass is 348 g/mol. The molecular formula is C17H20N2O2S2. The van der Waals surface area contributed by atoms with Gasteiger partial charge in [0.15, 0.2) is 0 Å². The van der Waals surface area contributed by atoms with Gasteiger partial charge in [-0.1, -0.05) is 30.3 Å². The van der Waals surface area contributed by atoms with E-state index in [0.29, 0.717) is 31.1 Å². The fourth-order valence-electron chi connectivity index (χ4n) is 2.80. The molecule has 0 aliphatic carbocycles. The van der Waals surface area contributed by atoms with Gasteiger partial charge in [-0.3, -0.25) is 0 Å². The van der Waals surface area contributed by atoms with Crippen molar-refractivity contribution < 1.29 is 8.42 Å². The highest BCUT2D eigenvalue weighted by molar-refractivity contribution is 7.98. The fraction of sp³-hybridized carbons (Fsp3) is 0.294. The van der Waals surface area contributed by atoms with Crippen molar-refractivity contribution in [2.45, 2.75) is 9.79 Å². The summed E-state index contributed by atoms with van der Waals surface area (Å²) in [6, 6.07) is 16.9. The second-order valence-corrected chi connectivity index (χ2v) is 8.16. The van der Waals surface area contributed by atoms with E-state index in [9.17, 15) is 8.42 Å². The summed E-state index contributed by atoms with van der Waals surface area (Å²) in [5.41, 5.74) is 1.19. The Morgan fingerprint density at radius 2 is 1.48 bits per heavy atom. The number of benzene rings is 2. The molecule has 0 N–H and O–H groups in total. The topological polar surface area (TPSA) is 40.6 Å². The molecule has 122 valence electrons. The predicted octanol–water partition coefficient (Wildman–Crippen LogP) is 2.92. The van der Waals surface area contributed by atoms with E-state index in [4.69, 9.17) is 0 Å². The van der Waals surface area contributed by atoms with Crippen molar-refractivity contribution in [2.75, 3.05) is 37.3 Å². The van der Waals surface area contributed by atoms with Crippen molar-refractivity contribution in [1.82, 2.24) is 4.31 Å². The molecule has 0 saturated carbocycles. The average Bonchev–Trinajstić information content (AvgIpc) is 2.62. The Hall–Kier alpha value is -1.50. The molecule has 2 aromatic rings. The number of piperazine rings is 1. The molecule has 1 fully saturated rings. The van der Waals surface area contributed by atoms with Crippen LogP contribution in [0.15, 0.2) is 64.4 Å². The molecule has 3 rings (SSSR count). The van der Waals surface area contributed by atoms with Gasteiger partial charge in [0, 0.05) is 31.1 Å². The first-order valence-corrected chi connectivity index (χ1v) is 10.2. The number of hydrogen-bond donors (Lipinski definition) is 0. The third-order valence-corrected chi connectivity index (χ3v) is 6.74. The maximum Gasteiger partial charge on any atom is 0.243 e. The van der Waals surface area contributed by atoms with E-state index >= 15 is 0 Å². The number of anilines is 1. The van der Waals surface area contributed by atoms with Crippen LogP contribution in [0.3, 0.4) is 0 Å². The van der Waals surface area contributed by atoms with Gasteiger partial charge < -0.3 is 4.90 Å². The van der Waals surface area contributed by atoms with E-state index in [0.717, 1.165) is 0 Å². The molecule has 0 unspecified atom stereocenters. The van der Waals surface area contributed by atoms with Gasteiger partial charge in [-0.15, -0.1) is 11.8 Å². The molecule has 0 atom stereocenters. The van der Waals surface area contributed by atoms with E-state index in [2.05, 4.69) is 23.3 Å². The summed E-state index contributed by atoms with van der Waals surface area (Å²) in [5.74, 6) is 0. The summed E-state index contributed by atoms with van der Waals surface area (Å²) in [4.78, 5) is 3.87. The number of para-hydroxylation sites is 1. The number of rotatable bonds is 4. The lowest BCUT2D eigenvalue weighted by atomic mass is 10.2. The van der Waals surface area contributed by atoms with Crippen LogP contribution in [0.5, 0.6) is 0 Å². The van der Waals surface area contributed by atoms with Crippen LogP contribution in [0.1, 0.15) is 0 Å². The normalized spacial score (nSPS) is 16.5. The van der Waals surface area contributed by atoms with Gasteiger partial charge in [-0.2, -0.15) is 4.31 Å². The second-order valence-electron chi connectivity index (χ2n) is 5.38. The van der Waals surface area contributed by atoms with Gasteiger partial charge in [0.05, 0.1) is 10.6 Å². The third kappa shape index (κ3) is 3.39. The summed E-state index contributed by atoms with van der Waals surface area (Å²) < 4.78 is 26.9. The lowest BCUT2D eigenvalue weighted by Gasteiger charge is -2.36. The lowest BCUT2D eigenvalue weighted by molar-refractivity contribution is 0.384. The van der Waals surface area contributed by atoms with Crippen molar-refractivity contribution >= 4 is 27.5 Å². The SMILES string of the molecule is CSc1ccccc1N1CCN(S(=O)(=O)c2ccccc2)CC1. The largest absolute Gasteiger partial charge is 0.368 e. The van der Waals surface area contributed by atoms with Crippen LogP contribution in [-0.4, -0.2) is 45.2 Å². The fourth-order valence-corrected chi connectivity index (χ4v) is 4.87. The number of thioether (sulfide) groups is 1. The zero-order valence-corrected chi connectivity index (χ0v) is 14.7. The molecule has 23 heavy (non-hydrogen) atoms. The van der Waals surface area contributed by atoms with Gasteiger partial charge in [0.2, 0.25) is 10.0 Å². The van der Waals surface area contributed by atoms with Crippen LogP contribution in [0.4, 0.5) is 5.69 Å². The van der Waals surface area contributed by atoms with Crippen LogP contribution in [-0.2, 0) is 10.0 Å². The summed E-state index contributed by atoms with van der Waals surface area (Å²) in [6.45, 7) is 2.45. The Kier molecular flexibility index (Phi) is 4.94. The predicted molar refractivity (Wildman–Crippen MR) is 95.6 cm³/mol. The van der Waals surface area contributed by atoms with Crippen LogP contribution >= 0.6 is 11.8 Å². The minimum absolute atomic E-state index is 0.373. The Labute approximate surface area is 142 Å². The highest BCUT2D eigenvalue weighted by Gasteiger charge is 2.28. The lowest BCUT2D eigenvalue weighted by Crippen LogP contribution is -2.48. The van der Waals surface area contributed by atoms with Crippen LogP contribution in [0.2, 0.25) is 0 Å². The highest BCUT2D eigenvalue weighted by atomic mass is 32.2. The molecule has 1 aliphatic rings. The number of sulfonamides is 1. The Morgan fingerprint density at radius 3 is 2.13 bits per heavy atom. The molecule has 0 radical (unpaired) electrons. The van der Waals surface area contributed by atoms with Gasteiger partial charge >= 0.3 is 0 Å². The summed E-state index contributed by atoms with van der Waals surface area (Å²) >= 11 is 1.72. The van der Waals surface area contributed by atoms with Gasteiger partial charge in [-0.05, 0) is 30.5 Å². The zero-order chi connectivity index (χ0) is 16.3. The van der Waals surface area contributed by atoms with Crippen molar-refractivity contribution in [3.63, 3.8) is 0 Å². The Balaban J connectivity index is 1.74. The van der Waals surface area contributed by atoms with Crippen LogP contribution < -0.4 is 4.90 Å². The highest BCUT2D eigenvalue weighted by Crippen LogP contribution is 2.29. The summed E-state index contributed by atoms with van der Waals surface area (Å²) in [5, 5.41) is 0. The first-order chi connectivity index (χ1) is 11.1. The Morgan fingerprint density at radius 1 is 0.870 bits per heavy atom.